The van der Waals surface area contributed by atoms with Crippen LogP contribution >= 0.6 is 15.9 Å². The van der Waals surface area contributed by atoms with Crippen LogP contribution in [0.3, 0.4) is 0 Å². The van der Waals surface area contributed by atoms with Gasteiger partial charge in [0.25, 0.3) is 0 Å². The molecule has 1 amide bonds. The highest BCUT2D eigenvalue weighted by atomic mass is 79.9. The molecule has 0 atom stereocenters. The molecule has 2 aromatic rings. The Morgan fingerprint density at radius 3 is 2.56 bits per heavy atom. The monoisotopic (exact) mass is 542 g/mol. The van der Waals surface area contributed by atoms with E-state index in [1.807, 2.05) is 31.2 Å². The van der Waals surface area contributed by atoms with E-state index in [-0.39, 0.29) is 5.91 Å². The molecule has 1 heterocycles. The highest BCUT2D eigenvalue weighted by molar-refractivity contribution is 9.10. The van der Waals surface area contributed by atoms with E-state index in [1.54, 1.807) is 12.2 Å². The van der Waals surface area contributed by atoms with Gasteiger partial charge >= 0.3 is 12.1 Å². The molecule has 1 aliphatic rings. The summed E-state index contributed by atoms with van der Waals surface area (Å²) >= 11 is 3.46. The number of alkyl halides is 3. The topological polar surface area (TPSA) is 78.9 Å². The largest absolute Gasteiger partial charge is 0.493 e. The van der Waals surface area contributed by atoms with Gasteiger partial charge in [-0.25, -0.2) is 4.79 Å². The van der Waals surface area contributed by atoms with Crippen LogP contribution in [0.25, 0.3) is 6.08 Å². The lowest BCUT2D eigenvalue weighted by atomic mass is 10.0. The molecule has 6 nitrogen and oxygen atoms in total. The van der Waals surface area contributed by atoms with Gasteiger partial charge in [-0.2, -0.15) is 13.2 Å². The summed E-state index contributed by atoms with van der Waals surface area (Å²) in [5, 5.41) is 10.1. The van der Waals surface area contributed by atoms with E-state index in [2.05, 4.69) is 45.3 Å². The number of halogens is 4. The van der Waals surface area contributed by atoms with E-state index in [4.69, 9.17) is 14.6 Å². The third-order valence-electron chi connectivity index (χ3n) is 4.83. The van der Waals surface area contributed by atoms with Crippen molar-refractivity contribution in [1.29, 1.82) is 0 Å². The van der Waals surface area contributed by atoms with Crippen LogP contribution in [0.5, 0.6) is 5.75 Å². The quantitative estimate of drug-likeness (QED) is 0.487. The molecule has 1 aliphatic heterocycles. The van der Waals surface area contributed by atoms with E-state index < -0.39 is 12.1 Å². The number of carbonyl (C=O) groups excluding carboxylic acids is 1. The first kappa shape index (κ1) is 27.4. The van der Waals surface area contributed by atoms with Gasteiger partial charge in [0.1, 0.15) is 5.75 Å². The molecule has 0 fully saturated rings. The summed E-state index contributed by atoms with van der Waals surface area (Å²) in [6.07, 6.45) is 0.508. The van der Waals surface area contributed by atoms with Crippen molar-refractivity contribution in [3.8, 4) is 5.75 Å². The molecule has 0 saturated heterocycles. The fourth-order valence-corrected chi connectivity index (χ4v) is 3.67. The van der Waals surface area contributed by atoms with Gasteiger partial charge in [-0.1, -0.05) is 22.0 Å². The Morgan fingerprint density at radius 1 is 1.21 bits per heavy atom. The Balaban J connectivity index is 0.000000509. The number of carboxylic acid groups (broad SMARTS) is 1. The molecule has 0 aliphatic carbocycles. The molecule has 34 heavy (non-hydrogen) atoms. The van der Waals surface area contributed by atoms with Gasteiger partial charge in [0.15, 0.2) is 0 Å². The van der Waals surface area contributed by atoms with Gasteiger partial charge in [-0.3, -0.25) is 4.79 Å². The van der Waals surface area contributed by atoms with Crippen LogP contribution in [0.4, 0.5) is 18.9 Å². The van der Waals surface area contributed by atoms with E-state index in [0.717, 1.165) is 41.0 Å². The normalized spacial score (nSPS) is 13.9. The van der Waals surface area contributed by atoms with Crippen molar-refractivity contribution in [3.63, 3.8) is 0 Å². The van der Waals surface area contributed by atoms with Crippen LogP contribution in [0.15, 0.2) is 46.9 Å². The Kier molecular flexibility index (Phi) is 10.1. The molecular weight excluding hydrogens is 517 g/mol. The third-order valence-corrected chi connectivity index (χ3v) is 5.32. The zero-order chi connectivity index (χ0) is 25.3. The second-order valence-electron chi connectivity index (χ2n) is 7.57. The number of amides is 1. The van der Waals surface area contributed by atoms with Crippen LogP contribution in [-0.2, 0) is 22.6 Å². The van der Waals surface area contributed by atoms with Crippen molar-refractivity contribution in [2.75, 3.05) is 25.5 Å². The van der Waals surface area contributed by atoms with Crippen LogP contribution in [0, 0.1) is 0 Å². The second kappa shape index (κ2) is 12.6. The molecule has 0 radical (unpaired) electrons. The molecule has 0 bridgehead atoms. The maximum atomic E-state index is 12.4. The number of carboxylic acids is 1. The van der Waals surface area contributed by atoms with Crippen molar-refractivity contribution in [2.24, 2.45) is 0 Å². The fourth-order valence-electron chi connectivity index (χ4n) is 3.29. The molecule has 3 rings (SSSR count). The standard InChI is InChI=1S/C22H25BrN2O2.C2HF3O2/c1-3-27-21-10-8-19(23)13-17(21)7-11-22(26)24-20-9-6-16-5-4-12-25(2)15-18(16)14-20;3-2(4,5)1(6)7/h6-11,13-14H,3-5,12,15H2,1-2H3,(H,24,26);(H,6,7)/b11-7+;. The molecule has 10 heteroatoms. The van der Waals surface area contributed by atoms with Crippen molar-refractivity contribution in [2.45, 2.75) is 32.5 Å². The maximum Gasteiger partial charge on any atom is 0.490 e. The Labute approximate surface area is 204 Å². The van der Waals surface area contributed by atoms with E-state index >= 15 is 0 Å². The van der Waals surface area contributed by atoms with Crippen LogP contribution in [0.2, 0.25) is 0 Å². The highest BCUT2D eigenvalue weighted by Crippen LogP contribution is 2.25. The Morgan fingerprint density at radius 2 is 1.91 bits per heavy atom. The highest BCUT2D eigenvalue weighted by Gasteiger charge is 2.38. The maximum absolute atomic E-state index is 12.4. The summed E-state index contributed by atoms with van der Waals surface area (Å²) in [5.41, 5.74) is 4.37. The molecule has 2 aromatic carbocycles. The molecule has 0 unspecified atom stereocenters. The van der Waals surface area contributed by atoms with Crippen molar-refractivity contribution in [3.05, 3.63) is 63.6 Å². The number of nitrogens with one attached hydrogen (secondary N) is 1. The molecule has 0 saturated carbocycles. The Bertz CT molecular complexity index is 1040. The number of fused-ring (bicyclic) bond motifs is 1. The second-order valence-corrected chi connectivity index (χ2v) is 8.48. The molecule has 2 N–H and O–H groups in total. The van der Waals surface area contributed by atoms with E-state index in [9.17, 15) is 18.0 Å². The number of nitrogens with zero attached hydrogens (tertiary/aromatic N) is 1. The zero-order valence-corrected chi connectivity index (χ0v) is 20.4. The predicted molar refractivity (Wildman–Crippen MR) is 128 cm³/mol. The number of rotatable bonds is 5. The number of carbonyl (C=O) groups is 2. The molecule has 0 spiro atoms. The van der Waals surface area contributed by atoms with Crippen molar-refractivity contribution in [1.82, 2.24) is 4.90 Å². The first-order chi connectivity index (χ1) is 16.0. The summed E-state index contributed by atoms with van der Waals surface area (Å²) < 4.78 is 38.3. The van der Waals surface area contributed by atoms with Gasteiger partial charge in [-0.05, 0) is 80.9 Å². The third kappa shape index (κ3) is 8.83. The lowest BCUT2D eigenvalue weighted by Crippen LogP contribution is -2.21. The van der Waals surface area contributed by atoms with E-state index in [0.29, 0.717) is 6.61 Å². The number of hydrogen-bond donors (Lipinski definition) is 2. The smallest absolute Gasteiger partial charge is 0.490 e. The van der Waals surface area contributed by atoms with Crippen LogP contribution < -0.4 is 10.1 Å². The van der Waals surface area contributed by atoms with Gasteiger partial charge in [0, 0.05) is 28.3 Å². The fraction of sp³-hybridized carbons (Fsp3) is 0.333. The van der Waals surface area contributed by atoms with Gasteiger partial charge < -0.3 is 20.1 Å². The number of ether oxygens (including phenoxy) is 1. The molecular formula is C24H26BrF3N2O4. The number of anilines is 1. The van der Waals surface area contributed by atoms with Gasteiger partial charge in [-0.15, -0.1) is 0 Å². The first-order valence-electron chi connectivity index (χ1n) is 10.5. The van der Waals surface area contributed by atoms with Gasteiger partial charge in [0.05, 0.1) is 6.61 Å². The minimum atomic E-state index is -5.08. The number of benzene rings is 2. The molecule has 184 valence electrons. The predicted octanol–water partition coefficient (Wildman–Crippen LogP) is 5.51. The van der Waals surface area contributed by atoms with Crippen molar-refractivity contribution >= 4 is 39.6 Å². The van der Waals surface area contributed by atoms with Crippen LogP contribution in [0.1, 0.15) is 30.0 Å². The summed E-state index contributed by atoms with van der Waals surface area (Å²) in [6, 6.07) is 12.0. The first-order valence-corrected chi connectivity index (χ1v) is 11.3. The number of hydrogen-bond acceptors (Lipinski definition) is 4. The molecule has 0 aromatic heterocycles. The lowest BCUT2D eigenvalue weighted by Gasteiger charge is -2.14. The summed E-state index contributed by atoms with van der Waals surface area (Å²) in [7, 11) is 2.14. The number of aryl methyl sites for hydroxylation is 1. The summed E-state index contributed by atoms with van der Waals surface area (Å²) in [6.45, 7) is 4.55. The van der Waals surface area contributed by atoms with Gasteiger partial charge in [0.2, 0.25) is 5.91 Å². The SMILES string of the molecule is CCOc1ccc(Br)cc1/C=C/C(=O)Nc1ccc2c(c1)CN(C)CCC2.O=C(O)C(F)(F)F. The average Bonchev–Trinajstić information content (AvgIpc) is 2.94. The average molecular weight is 543 g/mol. The van der Waals surface area contributed by atoms with Crippen molar-refractivity contribution < 1.29 is 32.6 Å². The zero-order valence-electron chi connectivity index (χ0n) is 18.8. The number of aliphatic carboxylic acids is 1. The minimum Gasteiger partial charge on any atom is -0.493 e. The Hall–Kier alpha value is -2.85. The summed E-state index contributed by atoms with van der Waals surface area (Å²) in [5.74, 6) is -2.15. The summed E-state index contributed by atoms with van der Waals surface area (Å²) in [4.78, 5) is 23.6. The van der Waals surface area contributed by atoms with Crippen LogP contribution in [-0.4, -0.2) is 48.3 Å². The minimum absolute atomic E-state index is 0.153. The lowest BCUT2D eigenvalue weighted by molar-refractivity contribution is -0.192. The van der Waals surface area contributed by atoms with E-state index in [1.165, 1.54) is 17.5 Å².